The van der Waals surface area contributed by atoms with Crippen LogP contribution in [-0.2, 0) is 9.53 Å². The van der Waals surface area contributed by atoms with E-state index in [0.717, 1.165) is 0 Å². The smallest absolute Gasteiger partial charge is 0.337 e. The number of esters is 1. The molecule has 2 aromatic rings. The van der Waals surface area contributed by atoms with Crippen molar-refractivity contribution >= 4 is 17.6 Å². The van der Waals surface area contributed by atoms with Gasteiger partial charge in [0.05, 0.1) is 12.7 Å². The van der Waals surface area contributed by atoms with Gasteiger partial charge in [0.1, 0.15) is 0 Å². The van der Waals surface area contributed by atoms with Crippen molar-refractivity contribution in [2.75, 3.05) is 12.4 Å². The third-order valence-corrected chi connectivity index (χ3v) is 3.34. The molecular formula is C18H18FNO4. The summed E-state index contributed by atoms with van der Waals surface area (Å²) in [6.07, 6.45) is -0.456. The highest BCUT2D eigenvalue weighted by molar-refractivity contribution is 5.95. The van der Waals surface area contributed by atoms with Gasteiger partial charge in [0.15, 0.2) is 17.7 Å². The minimum atomic E-state index is -0.831. The molecule has 0 heterocycles. The second-order valence-electron chi connectivity index (χ2n) is 5.00. The normalized spacial score (nSPS) is 11.5. The number of methoxy groups -OCH3 is 1. The van der Waals surface area contributed by atoms with Crippen LogP contribution >= 0.6 is 0 Å². The Morgan fingerprint density at radius 3 is 2.38 bits per heavy atom. The molecule has 126 valence electrons. The van der Waals surface area contributed by atoms with Gasteiger partial charge in [0, 0.05) is 5.69 Å². The lowest BCUT2D eigenvalue weighted by atomic mass is 10.2. The quantitative estimate of drug-likeness (QED) is 0.824. The highest BCUT2D eigenvalue weighted by Crippen LogP contribution is 2.19. The maximum atomic E-state index is 13.6. The molecular weight excluding hydrogens is 313 g/mol. The van der Waals surface area contributed by atoms with Crippen molar-refractivity contribution in [3.05, 3.63) is 59.9 Å². The van der Waals surface area contributed by atoms with Crippen molar-refractivity contribution in [3.8, 4) is 5.75 Å². The summed E-state index contributed by atoms with van der Waals surface area (Å²) in [6, 6.07) is 12.2. The zero-order valence-electron chi connectivity index (χ0n) is 13.4. The minimum Gasteiger partial charge on any atom is -0.478 e. The number of nitrogens with one attached hydrogen (secondary N) is 1. The van der Waals surface area contributed by atoms with Gasteiger partial charge in [0.2, 0.25) is 0 Å². The van der Waals surface area contributed by atoms with Crippen LogP contribution in [0.1, 0.15) is 23.7 Å². The molecule has 1 amide bonds. The first-order chi connectivity index (χ1) is 11.5. The van der Waals surface area contributed by atoms with Crippen molar-refractivity contribution in [2.24, 2.45) is 0 Å². The summed E-state index contributed by atoms with van der Waals surface area (Å²) in [7, 11) is 1.30. The zero-order valence-corrected chi connectivity index (χ0v) is 13.4. The summed E-state index contributed by atoms with van der Waals surface area (Å²) in [5, 5.41) is 2.68. The molecule has 1 atom stereocenters. The van der Waals surface area contributed by atoms with Gasteiger partial charge in [-0.15, -0.1) is 0 Å². The van der Waals surface area contributed by atoms with E-state index in [-0.39, 0.29) is 5.75 Å². The molecule has 1 N–H and O–H groups in total. The molecule has 0 aliphatic heterocycles. The fourth-order valence-electron chi connectivity index (χ4n) is 2.05. The third kappa shape index (κ3) is 4.32. The van der Waals surface area contributed by atoms with Crippen LogP contribution in [0.5, 0.6) is 5.75 Å². The molecule has 6 heteroatoms. The van der Waals surface area contributed by atoms with Crippen molar-refractivity contribution in [1.29, 1.82) is 0 Å². The number of rotatable bonds is 6. The molecule has 2 aromatic carbocycles. The number of hydrogen-bond acceptors (Lipinski definition) is 4. The molecule has 0 bridgehead atoms. The van der Waals surface area contributed by atoms with E-state index in [2.05, 4.69) is 10.1 Å². The number of ether oxygens (including phenoxy) is 2. The first-order valence-electron chi connectivity index (χ1n) is 7.45. The van der Waals surface area contributed by atoms with Crippen LogP contribution < -0.4 is 10.1 Å². The number of benzene rings is 2. The van der Waals surface area contributed by atoms with Gasteiger partial charge in [-0.3, -0.25) is 4.79 Å². The molecule has 5 nitrogen and oxygen atoms in total. The Morgan fingerprint density at radius 1 is 1.12 bits per heavy atom. The molecule has 0 fully saturated rings. The fourth-order valence-corrected chi connectivity index (χ4v) is 2.05. The SMILES string of the molecule is CC[C@H](Oc1ccccc1F)C(=O)Nc1ccc(C(=O)OC)cc1. The van der Waals surface area contributed by atoms with Gasteiger partial charge in [-0.1, -0.05) is 19.1 Å². The average Bonchev–Trinajstić information content (AvgIpc) is 2.61. The van der Waals surface area contributed by atoms with E-state index in [4.69, 9.17) is 4.74 Å². The Hall–Kier alpha value is -2.89. The monoisotopic (exact) mass is 331 g/mol. The van der Waals surface area contributed by atoms with Gasteiger partial charge in [0.25, 0.3) is 5.91 Å². The fraction of sp³-hybridized carbons (Fsp3) is 0.222. The summed E-state index contributed by atoms with van der Waals surface area (Å²) in [5.74, 6) is -1.35. The van der Waals surface area contributed by atoms with Gasteiger partial charge in [-0.2, -0.15) is 0 Å². The number of anilines is 1. The molecule has 0 saturated carbocycles. The molecule has 2 rings (SSSR count). The predicted molar refractivity (Wildman–Crippen MR) is 87.5 cm³/mol. The Bertz CT molecular complexity index is 715. The Labute approximate surface area is 139 Å². The van der Waals surface area contributed by atoms with E-state index in [1.54, 1.807) is 43.3 Å². The van der Waals surface area contributed by atoms with E-state index in [1.807, 2.05) is 0 Å². The van der Waals surface area contributed by atoms with E-state index >= 15 is 0 Å². The van der Waals surface area contributed by atoms with Gasteiger partial charge < -0.3 is 14.8 Å². The van der Waals surface area contributed by atoms with Crippen molar-refractivity contribution in [2.45, 2.75) is 19.4 Å². The lowest BCUT2D eigenvalue weighted by Gasteiger charge is -2.17. The summed E-state index contributed by atoms with van der Waals surface area (Å²) in [5.41, 5.74) is 0.883. The molecule has 0 aliphatic rings. The summed E-state index contributed by atoms with van der Waals surface area (Å²) in [6.45, 7) is 1.77. The Balaban J connectivity index is 2.04. The maximum absolute atomic E-state index is 13.6. The van der Waals surface area contributed by atoms with Crippen molar-refractivity contribution in [3.63, 3.8) is 0 Å². The summed E-state index contributed by atoms with van der Waals surface area (Å²) in [4.78, 5) is 23.7. The maximum Gasteiger partial charge on any atom is 0.337 e. The van der Waals surface area contributed by atoms with Gasteiger partial charge >= 0.3 is 5.97 Å². The third-order valence-electron chi connectivity index (χ3n) is 3.34. The van der Waals surface area contributed by atoms with E-state index in [0.29, 0.717) is 17.7 Å². The minimum absolute atomic E-state index is 0.0283. The number of carbonyl (C=O) groups excluding carboxylic acids is 2. The van der Waals surface area contributed by atoms with Crippen LogP contribution in [-0.4, -0.2) is 25.1 Å². The molecule has 0 saturated heterocycles. The number of halogens is 1. The standard InChI is InChI=1S/C18H18FNO4/c1-3-15(24-16-7-5-4-6-14(16)19)17(21)20-13-10-8-12(9-11-13)18(22)23-2/h4-11,15H,3H2,1-2H3,(H,20,21)/t15-/m0/s1. The highest BCUT2D eigenvalue weighted by Gasteiger charge is 2.20. The van der Waals surface area contributed by atoms with Crippen LogP contribution in [0.3, 0.4) is 0 Å². The second kappa shape index (κ2) is 8.10. The van der Waals surface area contributed by atoms with Crippen LogP contribution in [0.2, 0.25) is 0 Å². The van der Waals surface area contributed by atoms with E-state index < -0.39 is 23.8 Å². The first kappa shape index (κ1) is 17.5. The second-order valence-corrected chi connectivity index (χ2v) is 5.00. The number of hydrogen-bond donors (Lipinski definition) is 1. The summed E-state index contributed by atoms with van der Waals surface area (Å²) < 4.78 is 23.7. The molecule has 0 aliphatic carbocycles. The van der Waals surface area contributed by atoms with E-state index in [9.17, 15) is 14.0 Å². The Morgan fingerprint density at radius 2 is 1.79 bits per heavy atom. The van der Waals surface area contributed by atoms with Crippen molar-refractivity contribution in [1.82, 2.24) is 0 Å². The van der Waals surface area contributed by atoms with E-state index in [1.165, 1.54) is 19.2 Å². The lowest BCUT2D eigenvalue weighted by molar-refractivity contribution is -0.122. The number of carbonyl (C=O) groups is 2. The number of amides is 1. The molecule has 0 radical (unpaired) electrons. The first-order valence-corrected chi connectivity index (χ1v) is 7.45. The lowest BCUT2D eigenvalue weighted by Crippen LogP contribution is -2.32. The van der Waals surface area contributed by atoms with Crippen LogP contribution in [0.4, 0.5) is 10.1 Å². The molecule has 0 aromatic heterocycles. The molecule has 24 heavy (non-hydrogen) atoms. The molecule has 0 spiro atoms. The predicted octanol–water partition coefficient (Wildman–Crippen LogP) is 3.41. The highest BCUT2D eigenvalue weighted by atomic mass is 19.1. The molecule has 0 unspecified atom stereocenters. The number of para-hydroxylation sites is 1. The van der Waals surface area contributed by atoms with Crippen molar-refractivity contribution < 1.29 is 23.5 Å². The van der Waals surface area contributed by atoms with Gasteiger partial charge in [-0.25, -0.2) is 9.18 Å². The van der Waals surface area contributed by atoms with Crippen LogP contribution in [0, 0.1) is 5.82 Å². The summed E-state index contributed by atoms with van der Waals surface area (Å²) >= 11 is 0. The Kier molecular flexibility index (Phi) is 5.89. The average molecular weight is 331 g/mol. The largest absolute Gasteiger partial charge is 0.478 e. The topological polar surface area (TPSA) is 64.6 Å². The van der Waals surface area contributed by atoms with Crippen LogP contribution in [0.15, 0.2) is 48.5 Å². The van der Waals surface area contributed by atoms with Gasteiger partial charge in [-0.05, 0) is 42.8 Å². The van der Waals surface area contributed by atoms with Crippen LogP contribution in [0.25, 0.3) is 0 Å². The zero-order chi connectivity index (χ0) is 17.5.